The minimum atomic E-state index is -0.841. The van der Waals surface area contributed by atoms with Crippen LogP contribution >= 0.6 is 43.5 Å². The van der Waals surface area contributed by atoms with Crippen molar-refractivity contribution in [2.45, 2.75) is 52.4 Å². The number of anilines is 2. The summed E-state index contributed by atoms with van der Waals surface area (Å²) in [5.74, 6) is -2.93. The summed E-state index contributed by atoms with van der Waals surface area (Å²) in [7, 11) is 0. The van der Waals surface area contributed by atoms with Crippen LogP contribution in [-0.2, 0) is 38.1 Å². The Hall–Kier alpha value is -4.89. The first kappa shape index (κ1) is 48.3. The van der Waals surface area contributed by atoms with Crippen LogP contribution in [0, 0.1) is 22.7 Å². The molecule has 2 aromatic carbocycles. The summed E-state index contributed by atoms with van der Waals surface area (Å²) in [5.41, 5.74) is 2.65. The van der Waals surface area contributed by atoms with E-state index in [-0.39, 0.29) is 37.6 Å². The molecule has 0 aliphatic heterocycles. The predicted molar refractivity (Wildman–Crippen MR) is 228 cm³/mol. The molecule has 0 bridgehead atoms. The molecule has 0 aliphatic rings. The summed E-state index contributed by atoms with van der Waals surface area (Å²) in [6.07, 6.45) is 11.3. The highest BCUT2D eigenvalue weighted by Crippen LogP contribution is 2.34. The maximum absolute atomic E-state index is 12.4. The van der Waals surface area contributed by atoms with Gasteiger partial charge >= 0.3 is 23.9 Å². The van der Waals surface area contributed by atoms with Gasteiger partial charge in [0.15, 0.2) is 0 Å². The lowest BCUT2D eigenvalue weighted by Crippen LogP contribution is -2.24. The molecule has 57 heavy (non-hydrogen) atoms. The molecule has 0 unspecified atom stereocenters. The van der Waals surface area contributed by atoms with Gasteiger partial charge < -0.3 is 28.7 Å². The van der Waals surface area contributed by atoms with E-state index in [0.717, 1.165) is 88.2 Å². The molecule has 0 aromatic heterocycles. The molecule has 15 heteroatoms. The normalized spacial score (nSPS) is 11.1. The number of carbonyl (C=O) groups excluding carboxylic acids is 4. The van der Waals surface area contributed by atoms with Crippen molar-refractivity contribution in [1.29, 1.82) is 10.5 Å². The summed E-state index contributed by atoms with van der Waals surface area (Å²) in [5, 5.41) is 19.5. The van der Waals surface area contributed by atoms with Gasteiger partial charge in [0, 0.05) is 69.2 Å². The Morgan fingerprint density at radius 3 is 1.56 bits per heavy atom. The number of unbranched alkanes of at least 4 members (excludes halogenated alkanes) is 5. The minimum Gasteiger partial charge on any atom is -0.459 e. The molecule has 0 N–H and O–H groups in total. The first-order chi connectivity index (χ1) is 27.4. The Balaban J connectivity index is 1.83. The van der Waals surface area contributed by atoms with E-state index in [9.17, 15) is 29.7 Å². The smallest absolute Gasteiger partial charge is 0.349 e. The molecule has 2 aromatic rings. The van der Waals surface area contributed by atoms with E-state index in [1.54, 1.807) is 6.07 Å². The first-order valence-corrected chi connectivity index (χ1v) is 20.3. The molecule has 304 valence electrons. The summed E-state index contributed by atoms with van der Waals surface area (Å²) in [6.45, 7) is 13.4. The molecule has 0 heterocycles. The van der Waals surface area contributed by atoms with Crippen molar-refractivity contribution in [2.75, 3.05) is 62.4 Å². The van der Waals surface area contributed by atoms with Crippen molar-refractivity contribution in [2.24, 2.45) is 0 Å². The average Bonchev–Trinajstić information content (AvgIpc) is 3.20. The highest BCUT2D eigenvalue weighted by Gasteiger charge is 2.17. The molecule has 0 radical (unpaired) electrons. The lowest BCUT2D eigenvalue weighted by molar-refractivity contribution is -0.146. The first-order valence-electron chi connectivity index (χ1n) is 18.4. The number of nitrogens with zero attached hydrogens (tertiary/aromatic N) is 4. The van der Waals surface area contributed by atoms with Crippen LogP contribution in [0.5, 0.6) is 0 Å². The van der Waals surface area contributed by atoms with Crippen LogP contribution in [0.3, 0.4) is 0 Å². The number of hydrogen-bond acceptors (Lipinski definition) is 12. The van der Waals surface area contributed by atoms with Gasteiger partial charge in [0.1, 0.15) is 49.7 Å². The molecule has 0 aliphatic carbocycles. The Morgan fingerprint density at radius 1 is 0.684 bits per heavy atom. The van der Waals surface area contributed by atoms with Crippen molar-refractivity contribution in [3.8, 4) is 12.1 Å². The van der Waals surface area contributed by atoms with Crippen LogP contribution in [0.15, 0.2) is 75.7 Å². The highest BCUT2D eigenvalue weighted by atomic mass is 79.9. The van der Waals surface area contributed by atoms with Crippen molar-refractivity contribution >= 4 is 90.9 Å². The van der Waals surface area contributed by atoms with Crippen LogP contribution < -0.4 is 9.80 Å². The van der Waals surface area contributed by atoms with Crippen molar-refractivity contribution in [3.05, 3.63) is 91.9 Å². The number of ether oxygens (including phenoxy) is 4. The maximum Gasteiger partial charge on any atom is 0.349 e. The molecule has 2 rings (SSSR count). The second kappa shape index (κ2) is 26.9. The van der Waals surface area contributed by atoms with Crippen LogP contribution in [0.4, 0.5) is 11.4 Å². The Labute approximate surface area is 356 Å². The second-order valence-electron chi connectivity index (χ2n) is 12.2. The number of carbonyl (C=O) groups is 4. The third kappa shape index (κ3) is 17.0. The zero-order valence-electron chi connectivity index (χ0n) is 32.2. The van der Waals surface area contributed by atoms with Gasteiger partial charge in [-0.25, -0.2) is 19.2 Å². The highest BCUT2D eigenvalue weighted by molar-refractivity contribution is 9.11. The second-order valence-corrected chi connectivity index (χ2v) is 14.3. The molecule has 0 saturated carbocycles. The number of rotatable bonds is 25. The molecule has 0 fully saturated rings. The average molecular weight is 931 g/mol. The maximum atomic E-state index is 12.4. The number of esters is 4. The van der Waals surface area contributed by atoms with Gasteiger partial charge in [0.05, 0.1) is 0 Å². The molecule has 0 spiro atoms. The van der Waals surface area contributed by atoms with Gasteiger partial charge in [-0.3, -0.25) is 0 Å². The Bertz CT molecular complexity index is 1860. The number of benzene rings is 2. The molecular formula is C42H47Br2ClN4O8. The van der Waals surface area contributed by atoms with Gasteiger partial charge in [-0.1, -0.05) is 88.4 Å². The van der Waals surface area contributed by atoms with Crippen molar-refractivity contribution in [3.63, 3.8) is 0 Å². The van der Waals surface area contributed by atoms with Gasteiger partial charge in [0.25, 0.3) is 0 Å². The van der Waals surface area contributed by atoms with Crippen LogP contribution in [-0.4, -0.2) is 76.5 Å². The number of nitriles is 2. The zero-order valence-corrected chi connectivity index (χ0v) is 36.1. The minimum absolute atomic E-state index is 0.145. The van der Waals surface area contributed by atoms with E-state index in [4.69, 9.17) is 30.5 Å². The molecule has 0 atom stereocenters. The third-order valence-corrected chi connectivity index (χ3v) is 10.0. The van der Waals surface area contributed by atoms with Gasteiger partial charge in [-0.05, 0) is 68.7 Å². The molecule has 0 saturated heterocycles. The van der Waals surface area contributed by atoms with E-state index < -0.39 is 23.9 Å². The monoisotopic (exact) mass is 928 g/mol. The number of hydrogen-bond donors (Lipinski definition) is 0. The van der Waals surface area contributed by atoms with E-state index in [0.29, 0.717) is 25.1 Å². The fraction of sp³-hybridized carbons (Fsp3) is 0.381. The molecule has 0 amide bonds. The summed E-state index contributed by atoms with van der Waals surface area (Å²) < 4.78 is 21.0. The van der Waals surface area contributed by atoms with Crippen molar-refractivity contribution in [1.82, 2.24) is 0 Å². The zero-order chi connectivity index (χ0) is 42.2. The fourth-order valence-corrected chi connectivity index (χ4v) is 6.99. The summed E-state index contributed by atoms with van der Waals surface area (Å²) in [6, 6.07) is 13.1. The quantitative estimate of drug-likeness (QED) is 0.0307. The van der Waals surface area contributed by atoms with E-state index in [1.807, 2.05) is 36.4 Å². The van der Waals surface area contributed by atoms with Crippen molar-refractivity contribution < 1.29 is 38.1 Å². The SMILES string of the molecule is C=CC(=O)OCCOC(=O)/C(C#N)=C/c1ccc(N(CC)CCCCCCCCN(CC)c2cc(Br)c(/C=C(\C#N)C(=O)OCCOC(=O)C=C)c(Br)c2)cc1Cl. The Morgan fingerprint density at radius 2 is 1.12 bits per heavy atom. The lowest BCUT2D eigenvalue weighted by Gasteiger charge is -2.24. The standard InChI is InChI=1S/C42H47Br2ClN4O8/c1-5-39(50)54-19-21-56-41(52)31(28-46)23-30-15-16-33(27-38(30)45)48(7-3)17-13-11-9-10-12-14-18-49(8-4)34-25-36(43)35(37(44)26-34)24-32(29-47)42(53)57-22-20-55-40(51)6-2/h5-6,15-16,23-27H,1-2,7-14,17-22H2,3-4H3/b31-23+,32-24+. The van der Waals surface area contributed by atoms with Crippen LogP contribution in [0.2, 0.25) is 5.02 Å². The largest absolute Gasteiger partial charge is 0.459 e. The third-order valence-electron chi connectivity index (χ3n) is 8.37. The summed E-state index contributed by atoms with van der Waals surface area (Å²) in [4.78, 5) is 51.5. The van der Waals surface area contributed by atoms with Gasteiger partial charge in [-0.15, -0.1) is 0 Å². The number of halogens is 3. The van der Waals surface area contributed by atoms with E-state index in [2.05, 4.69) is 68.7 Å². The molecule has 12 nitrogen and oxygen atoms in total. The van der Waals surface area contributed by atoms with E-state index >= 15 is 0 Å². The Kier molecular flexibility index (Phi) is 22.7. The molecular weight excluding hydrogens is 884 g/mol. The van der Waals surface area contributed by atoms with Crippen LogP contribution in [0.25, 0.3) is 12.2 Å². The summed E-state index contributed by atoms with van der Waals surface area (Å²) >= 11 is 13.7. The van der Waals surface area contributed by atoms with Crippen LogP contribution in [0.1, 0.15) is 63.5 Å². The predicted octanol–water partition coefficient (Wildman–Crippen LogP) is 8.92. The van der Waals surface area contributed by atoms with E-state index in [1.165, 1.54) is 12.2 Å². The topological polar surface area (TPSA) is 159 Å². The lowest BCUT2D eigenvalue weighted by atomic mass is 10.1. The van der Waals surface area contributed by atoms with Gasteiger partial charge in [0.2, 0.25) is 0 Å². The van der Waals surface area contributed by atoms with Gasteiger partial charge in [-0.2, -0.15) is 10.5 Å². The fourth-order valence-electron chi connectivity index (χ4n) is 5.37.